The Morgan fingerprint density at radius 1 is 1.36 bits per heavy atom. The van der Waals surface area contributed by atoms with Crippen LogP contribution in [0.5, 0.6) is 0 Å². The lowest BCUT2D eigenvalue weighted by Gasteiger charge is -2.31. The summed E-state index contributed by atoms with van der Waals surface area (Å²) in [7, 11) is 0. The molecule has 0 saturated carbocycles. The Balaban J connectivity index is 2.29. The molecule has 3 nitrogen and oxygen atoms in total. The van der Waals surface area contributed by atoms with E-state index in [0.29, 0.717) is 6.42 Å². The quantitative estimate of drug-likeness (QED) is 0.656. The van der Waals surface area contributed by atoms with Crippen LogP contribution in [0.15, 0.2) is 30.3 Å². The molecule has 3 heteroatoms. The molecule has 0 saturated heterocycles. The minimum atomic E-state index is -0.608. The Bertz CT molecular complexity index is 362. The molecule has 1 atom stereocenters. The summed E-state index contributed by atoms with van der Waals surface area (Å²) in [6, 6.07) is 7.96. The highest BCUT2D eigenvalue weighted by Gasteiger charge is 2.24. The molecule has 0 spiro atoms. The summed E-state index contributed by atoms with van der Waals surface area (Å²) in [5.74, 6) is 0. The summed E-state index contributed by atoms with van der Waals surface area (Å²) in [5, 5.41) is 12.1. The maximum Gasteiger partial charge on any atom is 0.107 e. The fourth-order valence-electron chi connectivity index (χ4n) is 1.62. The zero-order valence-electron chi connectivity index (χ0n) is 7.90. The van der Waals surface area contributed by atoms with Crippen molar-refractivity contribution in [3.63, 3.8) is 0 Å². The molecule has 0 bridgehead atoms. The van der Waals surface area contributed by atoms with Crippen LogP contribution in [-0.2, 0) is 0 Å². The highest BCUT2D eigenvalue weighted by molar-refractivity contribution is 5.71. The molecule has 0 fully saturated rings. The van der Waals surface area contributed by atoms with Crippen LogP contribution in [0.3, 0.4) is 0 Å². The average Bonchev–Trinajstić information content (AvgIpc) is 2.17. The minimum Gasteiger partial charge on any atom is -0.396 e. The van der Waals surface area contributed by atoms with Crippen LogP contribution in [0.25, 0.3) is 6.08 Å². The number of anilines is 1. The van der Waals surface area contributed by atoms with Gasteiger partial charge in [0, 0.05) is 18.7 Å². The molecule has 2 rings (SSSR count). The second-order valence-electron chi connectivity index (χ2n) is 3.56. The van der Waals surface area contributed by atoms with E-state index < -0.39 is 5.66 Å². The van der Waals surface area contributed by atoms with Crippen molar-refractivity contribution < 1.29 is 5.11 Å². The van der Waals surface area contributed by atoms with Crippen molar-refractivity contribution in [1.82, 2.24) is 0 Å². The normalized spacial score (nSPS) is 24.1. The molecular formula is C11H14N2O. The molecule has 74 valence electrons. The summed E-state index contributed by atoms with van der Waals surface area (Å²) in [6.45, 7) is 0.0794. The number of hydrogen-bond donors (Lipinski definition) is 3. The van der Waals surface area contributed by atoms with Gasteiger partial charge >= 0.3 is 0 Å². The Morgan fingerprint density at radius 3 is 2.93 bits per heavy atom. The van der Waals surface area contributed by atoms with Gasteiger partial charge in [0.1, 0.15) is 5.66 Å². The summed E-state index contributed by atoms with van der Waals surface area (Å²) in [4.78, 5) is 0. The van der Waals surface area contributed by atoms with Crippen molar-refractivity contribution in [2.75, 3.05) is 11.9 Å². The summed E-state index contributed by atoms with van der Waals surface area (Å²) < 4.78 is 0. The van der Waals surface area contributed by atoms with Crippen molar-refractivity contribution in [1.29, 1.82) is 0 Å². The van der Waals surface area contributed by atoms with Gasteiger partial charge < -0.3 is 16.2 Å². The molecule has 0 aromatic heterocycles. The predicted octanol–water partition coefficient (Wildman–Crippen LogP) is 1.16. The van der Waals surface area contributed by atoms with Gasteiger partial charge in [-0.3, -0.25) is 0 Å². The van der Waals surface area contributed by atoms with Gasteiger partial charge in [-0.2, -0.15) is 0 Å². The van der Waals surface area contributed by atoms with E-state index in [1.54, 1.807) is 0 Å². The zero-order chi connectivity index (χ0) is 10.0. The Labute approximate surface area is 83.2 Å². The molecule has 1 unspecified atom stereocenters. The third-order valence-electron chi connectivity index (χ3n) is 2.41. The van der Waals surface area contributed by atoms with E-state index in [1.165, 1.54) is 0 Å². The molecule has 0 radical (unpaired) electrons. The second-order valence-corrected chi connectivity index (χ2v) is 3.56. The maximum absolute atomic E-state index is 8.88. The van der Waals surface area contributed by atoms with Crippen molar-refractivity contribution in [2.24, 2.45) is 5.73 Å². The average molecular weight is 190 g/mol. The first-order valence-electron chi connectivity index (χ1n) is 4.70. The van der Waals surface area contributed by atoms with E-state index in [0.717, 1.165) is 11.3 Å². The first-order chi connectivity index (χ1) is 6.73. The third kappa shape index (κ3) is 1.64. The smallest absolute Gasteiger partial charge is 0.107 e. The molecule has 0 aliphatic carbocycles. The molecule has 1 aromatic rings. The first-order valence-corrected chi connectivity index (χ1v) is 4.70. The van der Waals surface area contributed by atoms with Crippen LogP contribution in [0.1, 0.15) is 12.0 Å². The summed E-state index contributed by atoms with van der Waals surface area (Å²) in [6.07, 6.45) is 4.39. The number of rotatable bonds is 2. The van der Waals surface area contributed by atoms with Gasteiger partial charge in [-0.25, -0.2) is 0 Å². The van der Waals surface area contributed by atoms with Crippen LogP contribution in [-0.4, -0.2) is 17.4 Å². The lowest BCUT2D eigenvalue weighted by atomic mass is 9.99. The van der Waals surface area contributed by atoms with Gasteiger partial charge in [-0.15, -0.1) is 0 Å². The van der Waals surface area contributed by atoms with Gasteiger partial charge in [-0.1, -0.05) is 24.3 Å². The molecule has 1 aliphatic heterocycles. The zero-order valence-corrected chi connectivity index (χ0v) is 7.90. The third-order valence-corrected chi connectivity index (χ3v) is 2.41. The van der Waals surface area contributed by atoms with Gasteiger partial charge in [0.25, 0.3) is 0 Å². The molecule has 14 heavy (non-hydrogen) atoms. The number of aliphatic hydroxyl groups is 1. The fourth-order valence-corrected chi connectivity index (χ4v) is 1.62. The van der Waals surface area contributed by atoms with Crippen molar-refractivity contribution in [2.45, 2.75) is 12.1 Å². The second kappa shape index (κ2) is 3.44. The maximum atomic E-state index is 8.88. The van der Waals surface area contributed by atoms with Gasteiger partial charge in [0.15, 0.2) is 0 Å². The fraction of sp³-hybridized carbons (Fsp3) is 0.273. The highest BCUT2D eigenvalue weighted by Crippen LogP contribution is 2.26. The number of aliphatic hydroxyl groups excluding tert-OH is 1. The predicted molar refractivity (Wildman–Crippen MR) is 57.7 cm³/mol. The van der Waals surface area contributed by atoms with E-state index in [9.17, 15) is 0 Å². The van der Waals surface area contributed by atoms with E-state index in [2.05, 4.69) is 5.32 Å². The molecule has 4 N–H and O–H groups in total. The topological polar surface area (TPSA) is 58.3 Å². The Kier molecular flexibility index (Phi) is 2.27. The summed E-state index contributed by atoms with van der Waals surface area (Å²) in [5.41, 5.74) is 7.57. The van der Waals surface area contributed by atoms with Gasteiger partial charge in [-0.05, 0) is 17.7 Å². The van der Waals surface area contributed by atoms with Crippen molar-refractivity contribution >= 4 is 11.8 Å². The lowest BCUT2D eigenvalue weighted by Crippen LogP contribution is -2.47. The molecular weight excluding hydrogens is 176 g/mol. The number of benzene rings is 1. The lowest BCUT2D eigenvalue weighted by molar-refractivity contribution is 0.265. The van der Waals surface area contributed by atoms with Crippen molar-refractivity contribution in [3.05, 3.63) is 35.9 Å². The number of para-hydroxylation sites is 1. The van der Waals surface area contributed by atoms with E-state index in [1.807, 2.05) is 36.4 Å². The first kappa shape index (κ1) is 9.24. The minimum absolute atomic E-state index is 0.0794. The molecule has 0 amide bonds. The number of nitrogens with two attached hydrogens (primary N) is 1. The summed E-state index contributed by atoms with van der Waals surface area (Å²) >= 11 is 0. The highest BCUT2D eigenvalue weighted by atomic mass is 16.3. The molecule has 1 aliphatic rings. The van der Waals surface area contributed by atoms with Crippen LogP contribution in [0.4, 0.5) is 5.69 Å². The van der Waals surface area contributed by atoms with E-state index in [-0.39, 0.29) is 6.61 Å². The number of hydrogen-bond acceptors (Lipinski definition) is 3. The Morgan fingerprint density at radius 2 is 2.14 bits per heavy atom. The van der Waals surface area contributed by atoms with E-state index >= 15 is 0 Å². The SMILES string of the molecule is NC1(CCO)C=Cc2ccccc2N1. The van der Waals surface area contributed by atoms with Gasteiger partial charge in [0.05, 0.1) is 0 Å². The van der Waals surface area contributed by atoms with Crippen LogP contribution in [0.2, 0.25) is 0 Å². The molecule has 1 heterocycles. The largest absolute Gasteiger partial charge is 0.396 e. The van der Waals surface area contributed by atoms with Gasteiger partial charge in [0.2, 0.25) is 0 Å². The van der Waals surface area contributed by atoms with Crippen molar-refractivity contribution in [3.8, 4) is 0 Å². The van der Waals surface area contributed by atoms with Crippen LogP contribution < -0.4 is 11.1 Å². The molecule has 1 aromatic carbocycles. The monoisotopic (exact) mass is 190 g/mol. The number of fused-ring (bicyclic) bond motifs is 1. The van der Waals surface area contributed by atoms with Crippen LogP contribution >= 0.6 is 0 Å². The number of nitrogens with one attached hydrogen (secondary N) is 1. The Hall–Kier alpha value is -1.32. The standard InChI is InChI=1S/C11H14N2O/c12-11(7-8-14)6-5-9-3-1-2-4-10(9)13-11/h1-6,13-14H,7-8,12H2. The van der Waals surface area contributed by atoms with Crippen LogP contribution in [0, 0.1) is 0 Å². The van der Waals surface area contributed by atoms with E-state index in [4.69, 9.17) is 10.8 Å².